The summed E-state index contributed by atoms with van der Waals surface area (Å²) in [4.78, 5) is 16.8. The number of amides is 2. The van der Waals surface area contributed by atoms with Gasteiger partial charge in [0.05, 0.1) is 5.52 Å². The first-order valence-corrected chi connectivity index (χ1v) is 11.4. The summed E-state index contributed by atoms with van der Waals surface area (Å²) in [6.07, 6.45) is 1.25. The van der Waals surface area contributed by atoms with Crippen molar-refractivity contribution in [2.45, 2.75) is 51.3 Å². The number of anilines is 1. The van der Waals surface area contributed by atoms with Crippen LogP contribution in [0.5, 0.6) is 0 Å². The molecule has 30 heavy (non-hydrogen) atoms. The van der Waals surface area contributed by atoms with Crippen molar-refractivity contribution < 1.29 is 16.1 Å². The van der Waals surface area contributed by atoms with Crippen molar-refractivity contribution in [3.63, 3.8) is 0 Å². The number of sulfonamides is 1. The van der Waals surface area contributed by atoms with Crippen LogP contribution in [0.2, 0.25) is 0 Å². The first-order chi connectivity index (χ1) is 14.1. The second kappa shape index (κ2) is 8.44. The molecule has 0 spiro atoms. The molecule has 7 heteroatoms. The van der Waals surface area contributed by atoms with Crippen LogP contribution in [-0.4, -0.2) is 19.4 Å². The molecule has 0 radical (unpaired) electrons. The lowest BCUT2D eigenvalue weighted by atomic mass is 9.90. The lowest BCUT2D eigenvalue weighted by molar-refractivity contribution is 0.256. The molecule has 6 nitrogen and oxygen atoms in total. The van der Waals surface area contributed by atoms with Crippen LogP contribution in [0.1, 0.15) is 59.1 Å². The first kappa shape index (κ1) is 21.8. The van der Waals surface area contributed by atoms with E-state index < -0.39 is 16.1 Å². The minimum absolute atomic E-state index is 0. The number of hydrogen-bond acceptors (Lipinski definition) is 4. The summed E-state index contributed by atoms with van der Waals surface area (Å²) >= 11 is 0. The Morgan fingerprint density at radius 1 is 1.00 bits per heavy atom. The van der Waals surface area contributed by atoms with E-state index in [0.717, 1.165) is 16.7 Å². The molecular formula is C23H31N3O3S. The van der Waals surface area contributed by atoms with Gasteiger partial charge in [0.2, 0.25) is 0 Å². The van der Waals surface area contributed by atoms with Crippen molar-refractivity contribution in [3.8, 4) is 0 Å². The molecule has 0 unspecified atom stereocenters. The summed E-state index contributed by atoms with van der Waals surface area (Å²) in [5, 5.41) is 3.47. The van der Waals surface area contributed by atoms with Crippen molar-refractivity contribution in [2.75, 3.05) is 5.32 Å². The highest BCUT2D eigenvalue weighted by molar-refractivity contribution is 7.90. The van der Waals surface area contributed by atoms with Crippen molar-refractivity contribution in [3.05, 3.63) is 65.4 Å². The van der Waals surface area contributed by atoms with Gasteiger partial charge in [0.25, 0.3) is 10.0 Å². The van der Waals surface area contributed by atoms with E-state index in [4.69, 9.17) is 0 Å². The quantitative estimate of drug-likeness (QED) is 0.537. The summed E-state index contributed by atoms with van der Waals surface area (Å²) < 4.78 is 27.6. The van der Waals surface area contributed by atoms with Gasteiger partial charge < -0.3 is 5.32 Å². The van der Waals surface area contributed by atoms with Gasteiger partial charge >= 0.3 is 6.03 Å². The number of aryl methyl sites for hydroxylation is 1. The Morgan fingerprint density at radius 3 is 2.20 bits per heavy atom. The van der Waals surface area contributed by atoms with Gasteiger partial charge in [0.1, 0.15) is 4.90 Å². The summed E-state index contributed by atoms with van der Waals surface area (Å²) in [5.41, 5.74) is 4.39. The molecule has 0 bridgehead atoms. The monoisotopic (exact) mass is 429 g/mol. The smallest absolute Gasteiger partial charge is 0.307 e. The van der Waals surface area contributed by atoms with Crippen molar-refractivity contribution in [1.82, 2.24) is 9.71 Å². The highest BCUT2D eigenvalue weighted by atomic mass is 32.2. The zero-order valence-electron chi connectivity index (χ0n) is 17.9. The van der Waals surface area contributed by atoms with E-state index >= 15 is 0 Å². The van der Waals surface area contributed by atoms with E-state index in [-0.39, 0.29) is 19.6 Å². The molecule has 0 saturated heterocycles. The fourth-order valence-electron chi connectivity index (χ4n) is 3.42. The number of urea groups is 1. The molecule has 3 aromatic rings. The predicted octanol–water partition coefficient (Wildman–Crippen LogP) is 5.79. The molecule has 0 atom stereocenters. The minimum atomic E-state index is -4.07. The van der Waals surface area contributed by atoms with Gasteiger partial charge in [-0.05, 0) is 42.0 Å². The van der Waals surface area contributed by atoms with E-state index in [9.17, 15) is 13.2 Å². The summed E-state index contributed by atoms with van der Waals surface area (Å²) in [6, 6.07) is 12.0. The van der Waals surface area contributed by atoms with Gasteiger partial charge in [-0.1, -0.05) is 63.6 Å². The van der Waals surface area contributed by atoms with Crippen LogP contribution in [0.25, 0.3) is 10.9 Å². The molecule has 2 amide bonds. The molecule has 0 aliphatic carbocycles. The zero-order valence-corrected chi connectivity index (χ0v) is 18.7. The highest BCUT2D eigenvalue weighted by Gasteiger charge is 2.22. The molecule has 1 aromatic heterocycles. The Morgan fingerprint density at radius 2 is 1.60 bits per heavy atom. The third-order valence-corrected chi connectivity index (χ3v) is 6.23. The van der Waals surface area contributed by atoms with Gasteiger partial charge in [0, 0.05) is 20.1 Å². The third-order valence-electron chi connectivity index (χ3n) is 4.93. The highest BCUT2D eigenvalue weighted by Crippen LogP contribution is 2.33. The summed E-state index contributed by atoms with van der Waals surface area (Å²) in [7, 11) is -4.07. The SMILES string of the molecule is Cc1cc(C(C)C)c(NC(=O)NS(=O)(=O)c2cnc3ccccc3c2)c(C(C)C)c1.[HH].[HH]. The van der Waals surface area contributed by atoms with Crippen LogP contribution >= 0.6 is 0 Å². The molecule has 1 heterocycles. The second-order valence-electron chi connectivity index (χ2n) is 8.05. The van der Waals surface area contributed by atoms with Crippen LogP contribution in [-0.2, 0) is 10.0 Å². The normalized spacial score (nSPS) is 11.8. The molecule has 0 fully saturated rings. The number of pyridine rings is 1. The van der Waals surface area contributed by atoms with Crippen molar-refractivity contribution in [1.29, 1.82) is 0 Å². The van der Waals surface area contributed by atoms with Crippen molar-refractivity contribution >= 4 is 32.6 Å². The van der Waals surface area contributed by atoms with Crippen LogP contribution < -0.4 is 10.0 Å². The molecule has 2 aromatic carbocycles. The topological polar surface area (TPSA) is 88.2 Å². The average Bonchev–Trinajstić information content (AvgIpc) is 2.67. The van der Waals surface area contributed by atoms with Gasteiger partial charge in [-0.2, -0.15) is 0 Å². The number of aromatic nitrogens is 1. The number of nitrogens with one attached hydrogen (secondary N) is 2. The van der Waals surface area contributed by atoms with Crippen LogP contribution in [0.4, 0.5) is 10.5 Å². The Kier molecular flexibility index (Phi) is 6.12. The molecule has 2 N–H and O–H groups in total. The maximum atomic E-state index is 12.8. The third kappa shape index (κ3) is 4.62. The van der Waals surface area contributed by atoms with Gasteiger partial charge in [-0.3, -0.25) is 4.98 Å². The Hall–Kier alpha value is -2.93. The van der Waals surface area contributed by atoms with Crippen LogP contribution in [0.3, 0.4) is 0 Å². The number of fused-ring (bicyclic) bond motifs is 1. The zero-order chi connectivity index (χ0) is 22.1. The number of rotatable bonds is 5. The molecule has 3 rings (SSSR count). The number of carbonyl (C=O) groups excluding carboxylic acids is 1. The fourth-order valence-corrected chi connectivity index (χ4v) is 4.30. The van der Waals surface area contributed by atoms with Gasteiger partial charge in [-0.25, -0.2) is 17.9 Å². The van der Waals surface area contributed by atoms with Gasteiger partial charge in [0.15, 0.2) is 0 Å². The van der Waals surface area contributed by atoms with E-state index in [1.807, 2.05) is 52.8 Å². The summed E-state index contributed by atoms with van der Waals surface area (Å²) in [6.45, 7) is 10.2. The van der Waals surface area contributed by atoms with E-state index in [1.165, 1.54) is 12.3 Å². The fraction of sp³-hybridized carbons (Fsp3) is 0.304. The molecule has 0 aliphatic rings. The summed E-state index contributed by atoms with van der Waals surface area (Å²) in [5.74, 6) is 0.331. The molecule has 0 aliphatic heterocycles. The lowest BCUT2D eigenvalue weighted by Gasteiger charge is -2.21. The first-order valence-electron chi connectivity index (χ1n) is 9.91. The van der Waals surface area contributed by atoms with E-state index in [2.05, 4.69) is 15.0 Å². The maximum Gasteiger partial charge on any atom is 0.333 e. The van der Waals surface area contributed by atoms with Crippen LogP contribution in [0, 0.1) is 6.92 Å². The van der Waals surface area contributed by atoms with Gasteiger partial charge in [-0.15, -0.1) is 0 Å². The van der Waals surface area contributed by atoms with E-state index in [0.29, 0.717) is 16.6 Å². The molecule has 0 saturated carbocycles. The Bertz CT molecular complexity index is 1180. The standard InChI is InChI=1S/C23H27N3O3S.2H2/c1-14(2)19-10-16(5)11-20(15(3)4)22(19)25-23(27)26-30(28,29)18-12-17-8-6-7-9-21(17)24-13-18;;/h6-15H,1-5H3,(H2,25,26,27);2*1H. The number of para-hydroxylation sites is 1. The second-order valence-corrected chi connectivity index (χ2v) is 9.73. The number of benzene rings is 2. The Labute approximate surface area is 180 Å². The largest absolute Gasteiger partial charge is 0.333 e. The number of nitrogens with zero attached hydrogens (tertiary/aromatic N) is 1. The average molecular weight is 430 g/mol. The number of hydrogen-bond donors (Lipinski definition) is 2. The Balaban J connectivity index is 0.00000256. The van der Waals surface area contributed by atoms with E-state index in [1.54, 1.807) is 18.2 Å². The molecular weight excluding hydrogens is 398 g/mol. The lowest BCUT2D eigenvalue weighted by Crippen LogP contribution is -2.35. The van der Waals surface area contributed by atoms with Crippen molar-refractivity contribution in [2.24, 2.45) is 0 Å². The maximum absolute atomic E-state index is 12.8. The predicted molar refractivity (Wildman–Crippen MR) is 125 cm³/mol. The number of carbonyl (C=O) groups is 1. The minimum Gasteiger partial charge on any atom is -0.307 e. The molecule has 162 valence electrons. The van der Waals surface area contributed by atoms with Crippen LogP contribution in [0.15, 0.2) is 53.6 Å².